The van der Waals surface area contributed by atoms with Crippen LogP contribution < -0.4 is 5.32 Å². The molecule has 0 spiro atoms. The first-order valence-electron chi connectivity index (χ1n) is 5.79. The molecular weight excluding hydrogens is 252 g/mol. The van der Waals surface area contributed by atoms with Gasteiger partial charge in [-0.25, -0.2) is 0 Å². The summed E-state index contributed by atoms with van der Waals surface area (Å²) in [5.41, 5.74) is 4.29. The number of rotatable bonds is 2. The van der Waals surface area contributed by atoms with Crippen LogP contribution in [0.4, 0.5) is 0 Å². The first kappa shape index (κ1) is 12.7. The molecule has 0 amide bonds. The van der Waals surface area contributed by atoms with Gasteiger partial charge in [0, 0.05) is 11.1 Å². The van der Waals surface area contributed by atoms with Crippen LogP contribution in [0, 0.1) is 19.8 Å². The van der Waals surface area contributed by atoms with Gasteiger partial charge >= 0.3 is 0 Å². The van der Waals surface area contributed by atoms with Crippen molar-refractivity contribution in [3.63, 3.8) is 0 Å². The molecule has 1 saturated carbocycles. The van der Waals surface area contributed by atoms with Crippen LogP contribution in [-0.2, 0) is 0 Å². The fraction of sp³-hybridized carbons (Fsp3) is 0.462. The topological polar surface area (TPSA) is 24.4 Å². The Balaban J connectivity index is 0.00000108. The third-order valence-corrected chi connectivity index (χ3v) is 4.74. The maximum absolute atomic E-state index is 4.62. The van der Waals surface area contributed by atoms with Crippen molar-refractivity contribution < 1.29 is 0 Å². The van der Waals surface area contributed by atoms with Gasteiger partial charge in [0.25, 0.3) is 0 Å². The lowest BCUT2D eigenvalue weighted by atomic mass is 9.98. The average molecular weight is 269 g/mol. The monoisotopic (exact) mass is 268 g/mol. The second kappa shape index (κ2) is 4.83. The van der Waals surface area contributed by atoms with Crippen molar-refractivity contribution in [1.82, 2.24) is 5.32 Å². The fourth-order valence-electron chi connectivity index (χ4n) is 2.19. The molecule has 2 aliphatic rings. The van der Waals surface area contributed by atoms with Crippen LogP contribution >= 0.6 is 23.7 Å². The molecule has 17 heavy (non-hydrogen) atoms. The van der Waals surface area contributed by atoms with Crippen molar-refractivity contribution >= 4 is 30.1 Å². The first-order chi connectivity index (χ1) is 7.77. The first-order valence-corrected chi connectivity index (χ1v) is 6.67. The number of hydrogen-bond donors (Lipinski definition) is 1. The number of hydrogen-bond acceptors (Lipinski definition) is 3. The minimum absolute atomic E-state index is 0. The maximum Gasteiger partial charge on any atom is 0.109 e. The molecule has 0 bridgehead atoms. The summed E-state index contributed by atoms with van der Waals surface area (Å²) in [5.74, 6) is 0.775. The lowest BCUT2D eigenvalue weighted by Crippen LogP contribution is -2.15. The lowest BCUT2D eigenvalue weighted by molar-refractivity contribution is 0.753. The Morgan fingerprint density at radius 1 is 1.35 bits per heavy atom. The predicted molar refractivity (Wildman–Crippen MR) is 76.2 cm³/mol. The van der Waals surface area contributed by atoms with E-state index < -0.39 is 0 Å². The van der Waals surface area contributed by atoms with E-state index in [2.05, 4.69) is 35.7 Å². The Morgan fingerprint density at radius 3 is 2.71 bits per heavy atom. The van der Waals surface area contributed by atoms with Gasteiger partial charge in [-0.1, -0.05) is 0 Å². The quantitative estimate of drug-likeness (QED) is 0.868. The molecule has 1 aliphatic carbocycles. The molecule has 0 aromatic carbocycles. The third kappa shape index (κ3) is 2.26. The SMILES string of the molecule is Cc1csc(C2N=CNC=C2C2CC2)c1C.Cl. The molecule has 1 fully saturated rings. The van der Waals surface area contributed by atoms with Gasteiger partial charge in [0.2, 0.25) is 0 Å². The highest BCUT2D eigenvalue weighted by atomic mass is 35.5. The van der Waals surface area contributed by atoms with E-state index in [9.17, 15) is 0 Å². The molecule has 2 nitrogen and oxygen atoms in total. The second-order valence-corrected chi connectivity index (χ2v) is 5.59. The Labute approximate surface area is 112 Å². The molecule has 1 atom stereocenters. The summed E-state index contributed by atoms with van der Waals surface area (Å²) in [4.78, 5) is 6.05. The predicted octanol–water partition coefficient (Wildman–Crippen LogP) is 3.75. The van der Waals surface area contributed by atoms with Gasteiger partial charge in [-0.05, 0) is 54.7 Å². The van der Waals surface area contributed by atoms with Gasteiger partial charge in [-0.15, -0.1) is 23.7 Å². The van der Waals surface area contributed by atoms with Crippen LogP contribution in [-0.4, -0.2) is 6.34 Å². The number of nitrogens with zero attached hydrogens (tertiary/aromatic N) is 1. The van der Waals surface area contributed by atoms with E-state index in [4.69, 9.17) is 0 Å². The molecule has 1 aromatic rings. The number of aliphatic imine (C=N–C) groups is 1. The van der Waals surface area contributed by atoms with Crippen LogP contribution in [0.25, 0.3) is 0 Å². The highest BCUT2D eigenvalue weighted by Crippen LogP contribution is 2.46. The van der Waals surface area contributed by atoms with Gasteiger partial charge in [0.15, 0.2) is 0 Å². The van der Waals surface area contributed by atoms with E-state index in [0.717, 1.165) is 5.92 Å². The molecule has 0 saturated heterocycles. The van der Waals surface area contributed by atoms with Gasteiger partial charge in [-0.3, -0.25) is 4.99 Å². The second-order valence-electron chi connectivity index (χ2n) is 4.67. The molecular formula is C13H17ClN2S. The minimum Gasteiger partial charge on any atom is -0.353 e. The Hall–Kier alpha value is -0.800. The summed E-state index contributed by atoms with van der Waals surface area (Å²) < 4.78 is 0. The van der Waals surface area contributed by atoms with E-state index in [-0.39, 0.29) is 18.4 Å². The van der Waals surface area contributed by atoms with Crippen molar-refractivity contribution in [2.24, 2.45) is 10.9 Å². The van der Waals surface area contributed by atoms with Crippen molar-refractivity contribution in [2.45, 2.75) is 32.7 Å². The van der Waals surface area contributed by atoms with Gasteiger partial charge in [-0.2, -0.15) is 0 Å². The molecule has 92 valence electrons. The lowest BCUT2D eigenvalue weighted by Gasteiger charge is -2.19. The molecule has 1 N–H and O–H groups in total. The van der Waals surface area contributed by atoms with E-state index in [1.807, 2.05) is 17.7 Å². The van der Waals surface area contributed by atoms with Gasteiger partial charge in [0.1, 0.15) is 6.04 Å². The molecule has 3 rings (SSSR count). The fourth-order valence-corrected chi connectivity index (χ4v) is 3.33. The number of aryl methyl sites for hydroxylation is 1. The van der Waals surface area contributed by atoms with E-state index in [0.29, 0.717) is 0 Å². The highest BCUT2D eigenvalue weighted by Gasteiger charge is 2.33. The smallest absolute Gasteiger partial charge is 0.109 e. The molecule has 2 heterocycles. The number of thiophene rings is 1. The normalized spacial score (nSPS) is 22.7. The van der Waals surface area contributed by atoms with E-state index in [1.165, 1.54) is 34.4 Å². The standard InChI is InChI=1S/C13H16N2S.ClH/c1-8-6-16-13(9(8)2)12-11(10-3-4-10)5-14-7-15-12;/h5-7,10,12H,3-4H2,1-2H3,(H,14,15);1H. The van der Waals surface area contributed by atoms with Crippen molar-refractivity contribution in [3.05, 3.63) is 33.2 Å². The third-order valence-electron chi connectivity index (χ3n) is 3.48. The van der Waals surface area contributed by atoms with Crippen LogP contribution in [0.5, 0.6) is 0 Å². The van der Waals surface area contributed by atoms with Gasteiger partial charge in [0.05, 0.1) is 6.34 Å². The van der Waals surface area contributed by atoms with Crippen LogP contribution in [0.2, 0.25) is 0 Å². The molecule has 1 aromatic heterocycles. The zero-order valence-electron chi connectivity index (χ0n) is 10.1. The highest BCUT2D eigenvalue weighted by molar-refractivity contribution is 7.10. The summed E-state index contributed by atoms with van der Waals surface area (Å²) in [5, 5.41) is 5.38. The molecule has 1 aliphatic heterocycles. The minimum atomic E-state index is 0. The van der Waals surface area contributed by atoms with Crippen molar-refractivity contribution in [3.8, 4) is 0 Å². The Morgan fingerprint density at radius 2 is 2.12 bits per heavy atom. The number of nitrogens with one attached hydrogen (secondary N) is 1. The maximum atomic E-state index is 4.62. The molecule has 4 heteroatoms. The summed E-state index contributed by atoms with van der Waals surface area (Å²) in [6.07, 6.45) is 6.65. The summed E-state index contributed by atoms with van der Waals surface area (Å²) in [7, 11) is 0. The molecule has 1 unspecified atom stereocenters. The number of halogens is 1. The molecule has 0 radical (unpaired) electrons. The Kier molecular flexibility index (Phi) is 3.59. The largest absolute Gasteiger partial charge is 0.353 e. The summed E-state index contributed by atoms with van der Waals surface area (Å²) >= 11 is 1.85. The van der Waals surface area contributed by atoms with E-state index in [1.54, 1.807) is 0 Å². The zero-order chi connectivity index (χ0) is 11.1. The van der Waals surface area contributed by atoms with Crippen LogP contribution in [0.15, 0.2) is 22.1 Å². The van der Waals surface area contributed by atoms with Crippen molar-refractivity contribution in [1.29, 1.82) is 0 Å². The van der Waals surface area contributed by atoms with Crippen LogP contribution in [0.1, 0.15) is 34.9 Å². The van der Waals surface area contributed by atoms with Crippen LogP contribution in [0.3, 0.4) is 0 Å². The Bertz CT molecular complexity index is 472. The van der Waals surface area contributed by atoms with E-state index >= 15 is 0 Å². The van der Waals surface area contributed by atoms with Crippen molar-refractivity contribution in [2.75, 3.05) is 0 Å². The zero-order valence-corrected chi connectivity index (χ0v) is 11.7. The summed E-state index contributed by atoms with van der Waals surface area (Å²) in [6, 6.07) is 0.285. The average Bonchev–Trinajstić information content (AvgIpc) is 3.09. The summed E-state index contributed by atoms with van der Waals surface area (Å²) in [6.45, 7) is 4.39. The van der Waals surface area contributed by atoms with Gasteiger partial charge < -0.3 is 5.32 Å².